The lowest BCUT2D eigenvalue weighted by Crippen LogP contribution is -2.62. The fourth-order valence-electron chi connectivity index (χ4n) is 4.64. The van der Waals surface area contributed by atoms with Crippen molar-refractivity contribution in [3.8, 4) is 0 Å². The molecule has 1 aliphatic rings. The Balaban J connectivity index is 0.00000400. The summed E-state index contributed by atoms with van der Waals surface area (Å²) in [5.74, 6) is -1.06. The van der Waals surface area contributed by atoms with Crippen molar-refractivity contribution in [2.24, 2.45) is 5.92 Å². The fraction of sp³-hybridized carbons (Fsp3) is 0.607. The lowest BCUT2D eigenvalue weighted by molar-refractivity contribution is -0.129. The number of hydrogen-bond donors (Lipinski definition) is 3. The number of benzene rings is 1. The minimum Gasteiger partial charge on any atom is -0.408 e. The van der Waals surface area contributed by atoms with Gasteiger partial charge in [-0.15, -0.1) is 10.2 Å². The maximum absolute atomic E-state index is 13.8. The van der Waals surface area contributed by atoms with Gasteiger partial charge in [-0.2, -0.15) is 0 Å². The third-order valence-corrected chi connectivity index (χ3v) is 7.20. The molecule has 0 spiro atoms. The van der Waals surface area contributed by atoms with Crippen LogP contribution in [0, 0.1) is 5.92 Å². The predicted octanol–water partition coefficient (Wildman–Crippen LogP) is 5.73. The molecule has 9 nitrogen and oxygen atoms in total. The van der Waals surface area contributed by atoms with Gasteiger partial charge in [-0.25, -0.2) is 0 Å². The van der Waals surface area contributed by atoms with Gasteiger partial charge in [0.25, 0.3) is 17.0 Å². The van der Waals surface area contributed by atoms with Crippen molar-refractivity contribution in [2.45, 2.75) is 108 Å². The highest BCUT2D eigenvalue weighted by Crippen LogP contribution is 2.30. The molecule has 1 unspecified atom stereocenters. The first kappa shape index (κ1) is 29.7. The number of nitrogens with one attached hydrogen (secondary N) is 3. The van der Waals surface area contributed by atoms with E-state index in [4.69, 9.17) is 4.42 Å². The standard InChI is InChI=1S/C28H41N5O4S.2H2/c1-17(2)15-22(23(34)25-32-33-27(37-25)38-19(5)6)30-26(36)28(13-8-7-9-14-28)31-24(35)20-11-10-12-21(16-20)29-18(3)4;;/h10-12,16-19,22,29H,7-9,13-15H2,1-6H3,(H,30,36)(H,31,35);2*1H. The van der Waals surface area contributed by atoms with Crippen LogP contribution in [0.3, 0.4) is 0 Å². The van der Waals surface area contributed by atoms with Crippen LogP contribution in [0.2, 0.25) is 0 Å². The lowest BCUT2D eigenvalue weighted by Gasteiger charge is -2.37. The van der Waals surface area contributed by atoms with Crippen molar-refractivity contribution in [3.63, 3.8) is 0 Å². The first-order chi connectivity index (χ1) is 18.0. The Morgan fingerprint density at radius 3 is 2.39 bits per heavy atom. The molecule has 1 aliphatic carbocycles. The Kier molecular flexibility index (Phi) is 10.4. The normalized spacial score (nSPS) is 15.9. The zero-order valence-corrected chi connectivity index (χ0v) is 24.1. The summed E-state index contributed by atoms with van der Waals surface area (Å²) in [5, 5.41) is 17.8. The summed E-state index contributed by atoms with van der Waals surface area (Å²) in [5.41, 5.74) is 0.219. The molecule has 1 aromatic heterocycles. The molecule has 0 bridgehead atoms. The quantitative estimate of drug-likeness (QED) is 0.227. The highest BCUT2D eigenvalue weighted by Gasteiger charge is 2.43. The third kappa shape index (κ3) is 8.06. The van der Waals surface area contributed by atoms with Crippen LogP contribution in [-0.4, -0.2) is 50.7 Å². The summed E-state index contributed by atoms with van der Waals surface area (Å²) in [7, 11) is 0. The molecule has 2 aromatic rings. The van der Waals surface area contributed by atoms with Gasteiger partial charge in [-0.05, 0) is 57.2 Å². The number of carbonyl (C=O) groups excluding carboxylic acids is 3. The maximum Gasteiger partial charge on any atom is 0.286 e. The van der Waals surface area contributed by atoms with E-state index in [1.165, 1.54) is 11.8 Å². The van der Waals surface area contributed by atoms with Crippen molar-refractivity contribution in [2.75, 3.05) is 5.32 Å². The van der Waals surface area contributed by atoms with Gasteiger partial charge < -0.3 is 20.4 Å². The summed E-state index contributed by atoms with van der Waals surface area (Å²) in [6.07, 6.45) is 4.04. The van der Waals surface area contributed by atoms with Crippen LogP contribution in [0.5, 0.6) is 0 Å². The van der Waals surface area contributed by atoms with Gasteiger partial charge in [0.2, 0.25) is 11.7 Å². The zero-order valence-electron chi connectivity index (χ0n) is 23.3. The molecule has 0 aliphatic heterocycles. The van der Waals surface area contributed by atoms with Gasteiger partial charge in [0.15, 0.2) is 0 Å². The minimum absolute atomic E-state index is 0. The molecule has 3 N–H and O–H groups in total. The highest BCUT2D eigenvalue weighted by atomic mass is 32.2. The Hall–Kier alpha value is -2.88. The van der Waals surface area contributed by atoms with Crippen LogP contribution in [0.4, 0.5) is 5.69 Å². The van der Waals surface area contributed by atoms with Crippen molar-refractivity contribution in [1.82, 2.24) is 20.8 Å². The molecule has 0 radical (unpaired) electrons. The first-order valence-electron chi connectivity index (χ1n) is 13.5. The number of hydrogen-bond acceptors (Lipinski definition) is 8. The van der Waals surface area contributed by atoms with E-state index >= 15 is 0 Å². The number of ketones is 1. The molecule has 1 aromatic carbocycles. The molecule has 2 amide bonds. The van der Waals surface area contributed by atoms with Crippen LogP contribution < -0.4 is 16.0 Å². The Bertz CT molecular complexity index is 1120. The molecule has 1 heterocycles. The van der Waals surface area contributed by atoms with E-state index in [0.717, 1.165) is 24.9 Å². The number of amides is 2. The maximum atomic E-state index is 13.8. The second-order valence-corrected chi connectivity index (χ2v) is 12.6. The van der Waals surface area contributed by atoms with Crippen molar-refractivity contribution < 1.29 is 21.7 Å². The van der Waals surface area contributed by atoms with E-state index in [9.17, 15) is 14.4 Å². The summed E-state index contributed by atoms with van der Waals surface area (Å²) in [6, 6.07) is 6.64. The molecular weight excluding hydrogens is 502 g/mol. The SMILES string of the molecule is CC(C)CC(NC(=O)C1(NC(=O)c2cccc(NC(C)C)c2)CCCCC1)C(=O)c1nnc(SC(C)C)o1.[HH].[HH]. The topological polar surface area (TPSA) is 126 Å². The van der Waals surface area contributed by atoms with Crippen molar-refractivity contribution in [3.05, 3.63) is 35.7 Å². The largest absolute Gasteiger partial charge is 0.408 e. The number of aromatic nitrogens is 2. The fourth-order valence-corrected chi connectivity index (χ4v) is 5.26. The summed E-state index contributed by atoms with van der Waals surface area (Å²) in [4.78, 5) is 40.5. The molecule has 0 saturated heterocycles. The van der Waals surface area contributed by atoms with Gasteiger partial charge in [-0.3, -0.25) is 14.4 Å². The average molecular weight is 548 g/mol. The monoisotopic (exact) mass is 547 g/mol. The Morgan fingerprint density at radius 2 is 1.76 bits per heavy atom. The summed E-state index contributed by atoms with van der Waals surface area (Å²) < 4.78 is 5.60. The van der Waals surface area contributed by atoms with Gasteiger partial charge in [0.05, 0.1) is 6.04 Å². The van der Waals surface area contributed by atoms with Crippen molar-refractivity contribution >= 4 is 35.0 Å². The van der Waals surface area contributed by atoms with Crippen LogP contribution >= 0.6 is 11.8 Å². The number of carbonyl (C=O) groups is 3. The molecule has 10 heteroatoms. The smallest absolute Gasteiger partial charge is 0.286 e. The number of Topliss-reactive ketones (excluding diaryl/α,β-unsaturated/α-hetero) is 1. The van der Waals surface area contributed by atoms with E-state index in [-0.39, 0.29) is 37.8 Å². The zero-order chi connectivity index (χ0) is 27.9. The summed E-state index contributed by atoms with van der Waals surface area (Å²) in [6.45, 7) is 12.0. The van der Waals surface area contributed by atoms with E-state index in [1.807, 2.05) is 53.7 Å². The first-order valence-corrected chi connectivity index (χ1v) is 14.4. The average Bonchev–Trinajstić information content (AvgIpc) is 3.31. The van der Waals surface area contributed by atoms with E-state index in [1.54, 1.807) is 12.1 Å². The van der Waals surface area contributed by atoms with Crippen LogP contribution in [0.15, 0.2) is 33.9 Å². The van der Waals surface area contributed by atoms with Crippen LogP contribution in [0.25, 0.3) is 0 Å². The van der Waals surface area contributed by atoms with Gasteiger partial charge in [0, 0.05) is 25.4 Å². The van der Waals surface area contributed by atoms with E-state index < -0.39 is 17.4 Å². The molecule has 3 rings (SSSR count). The number of nitrogens with zero attached hydrogens (tertiary/aromatic N) is 2. The predicted molar refractivity (Wildman–Crippen MR) is 154 cm³/mol. The van der Waals surface area contributed by atoms with Crippen LogP contribution in [-0.2, 0) is 4.79 Å². The highest BCUT2D eigenvalue weighted by molar-refractivity contribution is 7.99. The molecule has 1 fully saturated rings. The third-order valence-electron chi connectivity index (χ3n) is 6.36. The van der Waals surface area contributed by atoms with Gasteiger partial charge in [0.1, 0.15) is 5.54 Å². The number of rotatable bonds is 12. The second kappa shape index (κ2) is 13.3. The van der Waals surface area contributed by atoms with Gasteiger partial charge >= 0.3 is 0 Å². The molecule has 1 atom stereocenters. The number of thioether (sulfide) groups is 1. The van der Waals surface area contributed by atoms with E-state index in [0.29, 0.717) is 30.0 Å². The van der Waals surface area contributed by atoms with Crippen molar-refractivity contribution in [1.29, 1.82) is 0 Å². The second-order valence-electron chi connectivity index (χ2n) is 11.0. The van der Waals surface area contributed by atoms with E-state index in [2.05, 4.69) is 26.1 Å². The molecule has 1 saturated carbocycles. The van der Waals surface area contributed by atoms with Crippen LogP contribution in [0.1, 0.15) is 104 Å². The minimum atomic E-state index is -1.10. The molecule has 212 valence electrons. The van der Waals surface area contributed by atoms with Gasteiger partial charge in [-0.1, -0.05) is 64.8 Å². The lowest BCUT2D eigenvalue weighted by atomic mass is 9.80. The Labute approximate surface area is 232 Å². The Morgan fingerprint density at radius 1 is 1.05 bits per heavy atom. The number of anilines is 1. The molecule has 38 heavy (non-hydrogen) atoms. The molecular formula is C28H45N5O4S. The summed E-state index contributed by atoms with van der Waals surface area (Å²) >= 11 is 1.38.